The maximum absolute atomic E-state index is 11.6. The predicted octanol–water partition coefficient (Wildman–Crippen LogP) is 4.72. The average molecular weight is 386 g/mol. The molecule has 2 fully saturated rings. The number of fused-ring (bicyclic) bond motifs is 1. The number of carboxylic acid groups (broad SMARTS) is 1. The summed E-state index contributed by atoms with van der Waals surface area (Å²) in [6.07, 6.45) is 8.53. The van der Waals surface area contributed by atoms with Gasteiger partial charge in [0.15, 0.2) is 0 Å². The standard InChI is InChI=1S/C24H35NO3/c1-3-12-25-13-10-18(11-14-25)21-9-8-17-4-7-20(15-22(17)28-21)23(19-5-6-19)16(2)24(26)27/h4,7,15-16,18-19,21,23H,3,5-6,8-14H2,1-2H3,(H,26,27)/t16-,21+,23-/m0/s1. The molecule has 4 rings (SSSR count). The number of hydrogen-bond donors (Lipinski definition) is 1. The van der Waals surface area contributed by atoms with Gasteiger partial charge in [-0.05, 0) is 99.5 Å². The first-order chi connectivity index (χ1) is 13.6. The lowest BCUT2D eigenvalue weighted by atomic mass is 9.81. The molecule has 1 saturated carbocycles. The fraction of sp³-hybridized carbons (Fsp3) is 0.708. The first-order valence-corrected chi connectivity index (χ1v) is 11.3. The zero-order valence-corrected chi connectivity index (χ0v) is 17.4. The molecule has 154 valence electrons. The highest BCUT2D eigenvalue weighted by Gasteiger charge is 2.39. The summed E-state index contributed by atoms with van der Waals surface area (Å²) in [4.78, 5) is 14.2. The van der Waals surface area contributed by atoms with Crippen molar-refractivity contribution in [1.29, 1.82) is 0 Å². The van der Waals surface area contributed by atoms with Gasteiger partial charge in [-0.25, -0.2) is 0 Å². The van der Waals surface area contributed by atoms with Gasteiger partial charge in [0.2, 0.25) is 0 Å². The maximum Gasteiger partial charge on any atom is 0.306 e. The molecule has 1 aliphatic carbocycles. The van der Waals surface area contributed by atoms with Gasteiger partial charge in [0.05, 0.1) is 5.92 Å². The summed E-state index contributed by atoms with van der Waals surface area (Å²) in [5.74, 6) is 1.28. The van der Waals surface area contributed by atoms with Crippen molar-refractivity contribution < 1.29 is 14.6 Å². The summed E-state index contributed by atoms with van der Waals surface area (Å²) < 4.78 is 6.53. The van der Waals surface area contributed by atoms with Gasteiger partial charge < -0.3 is 14.7 Å². The highest BCUT2D eigenvalue weighted by molar-refractivity contribution is 5.71. The summed E-state index contributed by atoms with van der Waals surface area (Å²) in [6.45, 7) is 7.73. The number of carbonyl (C=O) groups is 1. The summed E-state index contributed by atoms with van der Waals surface area (Å²) in [5.41, 5.74) is 2.45. The molecule has 0 amide bonds. The second-order valence-corrected chi connectivity index (χ2v) is 9.23. The molecule has 3 atom stereocenters. The Labute approximate surface area is 169 Å². The van der Waals surface area contributed by atoms with Crippen molar-refractivity contribution in [3.05, 3.63) is 29.3 Å². The van der Waals surface area contributed by atoms with Crippen LogP contribution in [-0.4, -0.2) is 41.7 Å². The highest BCUT2D eigenvalue weighted by atomic mass is 16.5. The van der Waals surface area contributed by atoms with Crippen LogP contribution >= 0.6 is 0 Å². The average Bonchev–Trinajstić information content (AvgIpc) is 3.53. The molecule has 2 aliphatic heterocycles. The first-order valence-electron chi connectivity index (χ1n) is 11.3. The molecule has 4 nitrogen and oxygen atoms in total. The van der Waals surface area contributed by atoms with Gasteiger partial charge in [-0.1, -0.05) is 26.0 Å². The monoisotopic (exact) mass is 385 g/mol. The minimum atomic E-state index is -0.688. The van der Waals surface area contributed by atoms with Gasteiger partial charge in [-0.3, -0.25) is 4.79 Å². The number of aliphatic carboxylic acids is 1. The molecule has 1 N–H and O–H groups in total. The van der Waals surface area contributed by atoms with Crippen LogP contribution in [0.3, 0.4) is 0 Å². The van der Waals surface area contributed by atoms with Crippen molar-refractivity contribution in [1.82, 2.24) is 4.90 Å². The predicted molar refractivity (Wildman–Crippen MR) is 111 cm³/mol. The third kappa shape index (κ3) is 4.22. The van der Waals surface area contributed by atoms with E-state index in [1.807, 2.05) is 6.92 Å². The van der Waals surface area contributed by atoms with E-state index < -0.39 is 5.97 Å². The number of hydrogen-bond acceptors (Lipinski definition) is 3. The Hall–Kier alpha value is -1.55. The van der Waals surface area contributed by atoms with Crippen molar-refractivity contribution in [2.24, 2.45) is 17.8 Å². The van der Waals surface area contributed by atoms with Crippen molar-refractivity contribution in [2.75, 3.05) is 19.6 Å². The van der Waals surface area contributed by atoms with Gasteiger partial charge >= 0.3 is 5.97 Å². The van der Waals surface area contributed by atoms with Gasteiger partial charge in [0, 0.05) is 0 Å². The van der Waals surface area contributed by atoms with Crippen molar-refractivity contribution in [3.63, 3.8) is 0 Å². The number of carboxylic acids is 1. The zero-order valence-electron chi connectivity index (χ0n) is 17.4. The smallest absolute Gasteiger partial charge is 0.306 e. The number of likely N-dealkylation sites (tertiary alicyclic amines) is 1. The Morgan fingerprint density at radius 3 is 2.61 bits per heavy atom. The first kappa shape index (κ1) is 19.8. The van der Waals surface area contributed by atoms with E-state index in [1.165, 1.54) is 44.5 Å². The molecular weight excluding hydrogens is 350 g/mol. The molecule has 2 heterocycles. The van der Waals surface area contributed by atoms with Crippen molar-refractivity contribution in [2.45, 2.75) is 70.8 Å². The Balaban J connectivity index is 1.46. The normalized spacial score (nSPS) is 25.6. The quantitative estimate of drug-likeness (QED) is 0.738. The molecule has 3 aliphatic rings. The fourth-order valence-electron chi connectivity index (χ4n) is 5.39. The largest absolute Gasteiger partial charge is 0.490 e. The van der Waals surface area contributed by atoms with E-state index in [4.69, 9.17) is 4.74 Å². The third-order valence-electron chi connectivity index (χ3n) is 7.21. The minimum absolute atomic E-state index is 0.115. The van der Waals surface area contributed by atoms with Crippen LogP contribution in [-0.2, 0) is 11.2 Å². The number of rotatable bonds is 7. The SMILES string of the molecule is CCCN1CCC([C@H]2CCc3ccc([C@H](C4CC4)[C@H](C)C(=O)O)cc3O2)CC1. The minimum Gasteiger partial charge on any atom is -0.490 e. The topological polar surface area (TPSA) is 49.8 Å². The Morgan fingerprint density at radius 2 is 1.96 bits per heavy atom. The van der Waals surface area contributed by atoms with E-state index in [0.29, 0.717) is 17.9 Å². The summed E-state index contributed by atoms with van der Waals surface area (Å²) in [5, 5.41) is 9.57. The van der Waals surface area contributed by atoms with Crippen LogP contribution in [0.1, 0.15) is 69.4 Å². The van der Waals surface area contributed by atoms with Gasteiger partial charge in [-0.2, -0.15) is 0 Å². The van der Waals surface area contributed by atoms with E-state index >= 15 is 0 Å². The molecule has 4 heteroatoms. The summed E-state index contributed by atoms with van der Waals surface area (Å²) in [7, 11) is 0. The van der Waals surface area contributed by atoms with Crippen LogP contribution in [0.2, 0.25) is 0 Å². The Morgan fingerprint density at radius 1 is 1.21 bits per heavy atom. The molecule has 0 spiro atoms. The lowest BCUT2D eigenvalue weighted by Gasteiger charge is -2.38. The van der Waals surface area contributed by atoms with Crippen LogP contribution in [0.4, 0.5) is 0 Å². The number of piperidine rings is 1. The summed E-state index contributed by atoms with van der Waals surface area (Å²) in [6, 6.07) is 6.53. The van der Waals surface area contributed by atoms with E-state index in [2.05, 4.69) is 30.0 Å². The van der Waals surface area contributed by atoms with E-state index in [9.17, 15) is 9.90 Å². The molecule has 1 aromatic rings. The van der Waals surface area contributed by atoms with E-state index in [-0.39, 0.29) is 11.8 Å². The lowest BCUT2D eigenvalue weighted by molar-refractivity contribution is -0.142. The molecule has 1 saturated heterocycles. The van der Waals surface area contributed by atoms with Gasteiger partial charge in [0.25, 0.3) is 0 Å². The molecule has 28 heavy (non-hydrogen) atoms. The van der Waals surface area contributed by atoms with E-state index in [1.54, 1.807) is 0 Å². The molecule has 0 bridgehead atoms. The number of nitrogens with zero attached hydrogens (tertiary/aromatic N) is 1. The molecule has 1 aromatic carbocycles. The number of ether oxygens (including phenoxy) is 1. The number of benzene rings is 1. The fourth-order valence-corrected chi connectivity index (χ4v) is 5.39. The lowest BCUT2D eigenvalue weighted by Crippen LogP contribution is -2.41. The molecule has 0 aromatic heterocycles. The summed E-state index contributed by atoms with van der Waals surface area (Å²) >= 11 is 0. The molecule has 0 unspecified atom stereocenters. The number of aryl methyl sites for hydroxylation is 1. The van der Waals surface area contributed by atoms with Crippen molar-refractivity contribution >= 4 is 5.97 Å². The maximum atomic E-state index is 11.6. The van der Waals surface area contributed by atoms with Crippen molar-refractivity contribution in [3.8, 4) is 5.75 Å². The molecule has 0 radical (unpaired) electrons. The van der Waals surface area contributed by atoms with Crippen LogP contribution in [0.25, 0.3) is 0 Å². The highest BCUT2D eigenvalue weighted by Crippen LogP contribution is 2.48. The van der Waals surface area contributed by atoms with Gasteiger partial charge in [0.1, 0.15) is 11.9 Å². The molecular formula is C24H35NO3. The van der Waals surface area contributed by atoms with Crippen LogP contribution < -0.4 is 4.74 Å². The van der Waals surface area contributed by atoms with Gasteiger partial charge in [-0.15, -0.1) is 0 Å². The van der Waals surface area contributed by atoms with Crippen LogP contribution in [0.15, 0.2) is 18.2 Å². The van der Waals surface area contributed by atoms with Crippen LogP contribution in [0.5, 0.6) is 5.75 Å². The zero-order chi connectivity index (χ0) is 19.7. The third-order valence-corrected chi connectivity index (χ3v) is 7.21. The second-order valence-electron chi connectivity index (χ2n) is 9.23. The Bertz CT molecular complexity index is 691. The van der Waals surface area contributed by atoms with Crippen LogP contribution in [0, 0.1) is 17.8 Å². The second kappa shape index (κ2) is 8.44. The Kier molecular flexibility index (Phi) is 5.96. The van der Waals surface area contributed by atoms with E-state index in [0.717, 1.165) is 37.0 Å².